The number of nitrogens with zero attached hydrogens (tertiary/aromatic N) is 1. The molecule has 0 atom stereocenters. The fourth-order valence-electron chi connectivity index (χ4n) is 1.43. The van der Waals surface area contributed by atoms with Crippen molar-refractivity contribution in [3.05, 3.63) is 23.3 Å². The lowest BCUT2D eigenvalue weighted by Gasteiger charge is -2.17. The molecule has 1 aromatic rings. The summed E-state index contributed by atoms with van der Waals surface area (Å²) in [6, 6.07) is 3.44. The molecule has 0 radical (unpaired) electrons. The van der Waals surface area contributed by atoms with Crippen molar-refractivity contribution in [2.75, 3.05) is 20.7 Å². The molecule has 0 saturated heterocycles. The Hall–Kier alpha value is -1.07. The first-order valence-electron chi connectivity index (χ1n) is 5.47. The third-order valence-electron chi connectivity index (χ3n) is 2.62. The molecule has 0 fully saturated rings. The third kappa shape index (κ3) is 2.79. The highest BCUT2D eigenvalue weighted by Crippen LogP contribution is 2.29. The third-order valence-corrected chi connectivity index (χ3v) is 4.45. The maximum atomic E-state index is 12.1. The standard InChI is InChI=1S/C12H19NO3S/c1-6-16-11-7-9(2)10(3)8-12(11)17(14,15)13(4)5/h7-8H,6H2,1-5H3. The zero-order valence-corrected chi connectivity index (χ0v) is 11.8. The number of benzene rings is 1. The summed E-state index contributed by atoms with van der Waals surface area (Å²) in [4.78, 5) is 0.229. The molecule has 0 amide bonds. The summed E-state index contributed by atoms with van der Waals surface area (Å²) in [5.41, 5.74) is 1.96. The molecular formula is C12H19NO3S. The van der Waals surface area contributed by atoms with E-state index in [2.05, 4.69) is 0 Å². The summed E-state index contributed by atoms with van der Waals surface area (Å²) < 4.78 is 30.9. The first kappa shape index (κ1) is 14.0. The van der Waals surface area contributed by atoms with Crippen LogP contribution in [0.2, 0.25) is 0 Å². The quantitative estimate of drug-likeness (QED) is 0.828. The molecule has 96 valence electrons. The van der Waals surface area contributed by atoms with E-state index in [0.717, 1.165) is 11.1 Å². The fraction of sp³-hybridized carbons (Fsp3) is 0.500. The first-order valence-corrected chi connectivity index (χ1v) is 6.91. The Kier molecular flexibility index (Phi) is 4.16. The zero-order valence-electron chi connectivity index (χ0n) is 10.9. The van der Waals surface area contributed by atoms with Crippen molar-refractivity contribution >= 4 is 10.0 Å². The van der Waals surface area contributed by atoms with Crippen LogP contribution in [0.25, 0.3) is 0 Å². The van der Waals surface area contributed by atoms with E-state index in [1.54, 1.807) is 12.1 Å². The second-order valence-electron chi connectivity index (χ2n) is 4.10. The number of rotatable bonds is 4. The van der Waals surface area contributed by atoms with Gasteiger partial charge in [-0.05, 0) is 44.0 Å². The molecule has 0 heterocycles. The topological polar surface area (TPSA) is 46.6 Å². The second kappa shape index (κ2) is 5.06. The van der Waals surface area contributed by atoms with Crippen molar-refractivity contribution in [2.24, 2.45) is 0 Å². The van der Waals surface area contributed by atoms with Crippen LogP contribution in [0.5, 0.6) is 5.75 Å². The molecular weight excluding hydrogens is 238 g/mol. The highest BCUT2D eigenvalue weighted by Gasteiger charge is 2.23. The van der Waals surface area contributed by atoms with Gasteiger partial charge < -0.3 is 4.74 Å². The van der Waals surface area contributed by atoms with Crippen molar-refractivity contribution in [1.82, 2.24) is 4.31 Å². The Morgan fingerprint density at radius 2 is 1.71 bits per heavy atom. The van der Waals surface area contributed by atoms with Crippen LogP contribution >= 0.6 is 0 Å². The van der Waals surface area contributed by atoms with Crippen LogP contribution in [-0.4, -0.2) is 33.4 Å². The van der Waals surface area contributed by atoms with Gasteiger partial charge in [-0.3, -0.25) is 0 Å². The normalized spacial score (nSPS) is 11.9. The van der Waals surface area contributed by atoms with Crippen LogP contribution < -0.4 is 4.74 Å². The maximum Gasteiger partial charge on any atom is 0.246 e. The predicted octanol–water partition coefficient (Wildman–Crippen LogP) is 1.95. The molecule has 1 aromatic carbocycles. The van der Waals surface area contributed by atoms with Gasteiger partial charge in [-0.15, -0.1) is 0 Å². The molecule has 1 rings (SSSR count). The average molecular weight is 257 g/mol. The largest absolute Gasteiger partial charge is 0.492 e. The minimum Gasteiger partial charge on any atom is -0.492 e. The van der Waals surface area contributed by atoms with Crippen LogP contribution in [0.4, 0.5) is 0 Å². The van der Waals surface area contributed by atoms with Gasteiger partial charge in [0.2, 0.25) is 10.0 Å². The number of sulfonamides is 1. The molecule has 0 unspecified atom stereocenters. The van der Waals surface area contributed by atoms with Crippen molar-refractivity contribution in [2.45, 2.75) is 25.7 Å². The predicted molar refractivity (Wildman–Crippen MR) is 68.0 cm³/mol. The maximum absolute atomic E-state index is 12.1. The van der Waals surface area contributed by atoms with E-state index in [-0.39, 0.29) is 4.90 Å². The summed E-state index contributed by atoms with van der Waals surface area (Å²) in [5, 5.41) is 0. The molecule has 0 aliphatic rings. The van der Waals surface area contributed by atoms with E-state index >= 15 is 0 Å². The van der Waals surface area contributed by atoms with Gasteiger partial charge in [0, 0.05) is 14.1 Å². The van der Waals surface area contributed by atoms with Crippen molar-refractivity contribution in [3.63, 3.8) is 0 Å². The number of hydrogen-bond acceptors (Lipinski definition) is 3. The van der Waals surface area contributed by atoms with Gasteiger partial charge in [0.05, 0.1) is 6.61 Å². The van der Waals surface area contributed by atoms with Crippen LogP contribution in [0.1, 0.15) is 18.1 Å². The Bertz CT molecular complexity index is 507. The van der Waals surface area contributed by atoms with Crippen molar-refractivity contribution < 1.29 is 13.2 Å². The van der Waals surface area contributed by atoms with E-state index in [1.165, 1.54) is 18.4 Å². The molecule has 0 saturated carbocycles. The van der Waals surface area contributed by atoms with Gasteiger partial charge in [0.1, 0.15) is 10.6 Å². The lowest BCUT2D eigenvalue weighted by molar-refractivity contribution is 0.330. The highest BCUT2D eigenvalue weighted by molar-refractivity contribution is 7.89. The van der Waals surface area contributed by atoms with E-state index in [1.807, 2.05) is 20.8 Å². The molecule has 0 N–H and O–H groups in total. The van der Waals surface area contributed by atoms with Crippen LogP contribution in [0.3, 0.4) is 0 Å². The number of aryl methyl sites for hydroxylation is 2. The SMILES string of the molecule is CCOc1cc(C)c(C)cc1S(=O)(=O)N(C)C. The van der Waals surface area contributed by atoms with E-state index in [4.69, 9.17) is 4.74 Å². The molecule has 0 aliphatic carbocycles. The van der Waals surface area contributed by atoms with E-state index < -0.39 is 10.0 Å². The summed E-state index contributed by atoms with van der Waals surface area (Å²) in [6.45, 7) is 6.10. The minimum absolute atomic E-state index is 0.229. The Balaban J connectivity index is 3.46. The Morgan fingerprint density at radius 3 is 2.18 bits per heavy atom. The summed E-state index contributed by atoms with van der Waals surface area (Å²) in [6.07, 6.45) is 0. The zero-order chi connectivity index (χ0) is 13.2. The summed E-state index contributed by atoms with van der Waals surface area (Å²) in [7, 11) is -0.432. The molecule has 0 bridgehead atoms. The van der Waals surface area contributed by atoms with Gasteiger partial charge in [0.25, 0.3) is 0 Å². The van der Waals surface area contributed by atoms with Crippen molar-refractivity contribution in [3.8, 4) is 5.75 Å². The molecule has 17 heavy (non-hydrogen) atoms. The fourth-order valence-corrected chi connectivity index (χ4v) is 2.52. The van der Waals surface area contributed by atoms with Crippen LogP contribution in [-0.2, 0) is 10.0 Å². The highest BCUT2D eigenvalue weighted by atomic mass is 32.2. The van der Waals surface area contributed by atoms with E-state index in [0.29, 0.717) is 12.4 Å². The average Bonchev–Trinajstić information content (AvgIpc) is 2.23. The summed E-state index contributed by atoms with van der Waals surface area (Å²) in [5.74, 6) is 0.421. The molecule has 0 aromatic heterocycles. The second-order valence-corrected chi connectivity index (χ2v) is 6.22. The molecule has 0 spiro atoms. The molecule has 4 nitrogen and oxygen atoms in total. The first-order chi connectivity index (χ1) is 7.80. The van der Waals surface area contributed by atoms with Crippen molar-refractivity contribution in [1.29, 1.82) is 0 Å². The minimum atomic E-state index is -3.46. The molecule has 0 aliphatic heterocycles. The smallest absolute Gasteiger partial charge is 0.246 e. The lowest BCUT2D eigenvalue weighted by Crippen LogP contribution is -2.23. The van der Waals surface area contributed by atoms with Crippen LogP contribution in [0.15, 0.2) is 17.0 Å². The van der Waals surface area contributed by atoms with Gasteiger partial charge in [-0.2, -0.15) is 0 Å². The van der Waals surface area contributed by atoms with Gasteiger partial charge in [-0.1, -0.05) is 0 Å². The van der Waals surface area contributed by atoms with Crippen LogP contribution in [0, 0.1) is 13.8 Å². The van der Waals surface area contributed by atoms with Gasteiger partial charge >= 0.3 is 0 Å². The van der Waals surface area contributed by atoms with Gasteiger partial charge in [-0.25, -0.2) is 12.7 Å². The van der Waals surface area contributed by atoms with E-state index in [9.17, 15) is 8.42 Å². The lowest BCUT2D eigenvalue weighted by atomic mass is 10.1. The number of ether oxygens (including phenoxy) is 1. The number of hydrogen-bond donors (Lipinski definition) is 0. The Labute approximate surface area is 103 Å². The summed E-state index contributed by atoms with van der Waals surface area (Å²) >= 11 is 0. The monoisotopic (exact) mass is 257 g/mol. The van der Waals surface area contributed by atoms with Gasteiger partial charge in [0.15, 0.2) is 0 Å². The Morgan fingerprint density at radius 1 is 1.18 bits per heavy atom. The molecule has 5 heteroatoms.